The van der Waals surface area contributed by atoms with Crippen LogP contribution in [-0.4, -0.2) is 16.1 Å². The van der Waals surface area contributed by atoms with E-state index in [2.05, 4.69) is 4.98 Å². The number of rotatable bonds is 3. The van der Waals surface area contributed by atoms with Crippen molar-refractivity contribution in [3.05, 3.63) is 16.6 Å². The molecule has 60 valence electrons. The highest BCUT2D eigenvalue weighted by Gasteiger charge is 2.11. The van der Waals surface area contributed by atoms with Crippen LogP contribution in [0.25, 0.3) is 0 Å². The molecule has 0 aliphatic heterocycles. The maximum Gasteiger partial charge on any atom is 0.305 e. The van der Waals surface area contributed by atoms with Gasteiger partial charge in [0.15, 0.2) is 0 Å². The molecule has 1 aromatic rings. The van der Waals surface area contributed by atoms with Crippen LogP contribution in [0.5, 0.6) is 0 Å². The summed E-state index contributed by atoms with van der Waals surface area (Å²) in [4.78, 5) is 14.1. The molecule has 0 amide bonds. The van der Waals surface area contributed by atoms with Crippen LogP contribution >= 0.6 is 11.3 Å². The summed E-state index contributed by atoms with van der Waals surface area (Å²) in [7, 11) is 0. The Morgan fingerprint density at radius 2 is 2.64 bits per heavy atom. The number of thiazole rings is 1. The maximum atomic E-state index is 10.2. The molecule has 11 heavy (non-hydrogen) atoms. The minimum atomic E-state index is -0.896. The molecule has 1 unspecified atom stereocenters. The van der Waals surface area contributed by atoms with Crippen LogP contribution in [0.3, 0.4) is 0 Å². The average Bonchev–Trinajstić information content (AvgIpc) is 2.35. The third kappa shape index (κ3) is 2.28. The maximum absolute atomic E-state index is 10.2. The highest BCUT2D eigenvalue weighted by molar-refractivity contribution is 7.09. The lowest BCUT2D eigenvalue weighted by Crippen LogP contribution is -2.14. The molecular weight excluding hydrogens is 164 g/mol. The summed E-state index contributed by atoms with van der Waals surface area (Å²) in [5.74, 6) is -0.896. The van der Waals surface area contributed by atoms with Gasteiger partial charge in [0.05, 0.1) is 12.5 Å². The first-order valence-electron chi connectivity index (χ1n) is 3.07. The fraction of sp³-hybridized carbons (Fsp3) is 0.333. The van der Waals surface area contributed by atoms with Gasteiger partial charge in [0.2, 0.25) is 0 Å². The second kappa shape index (κ2) is 3.45. The SMILES string of the molecule is NC(CC(=O)O)c1nccs1. The van der Waals surface area contributed by atoms with E-state index in [1.165, 1.54) is 11.3 Å². The molecule has 0 radical (unpaired) electrons. The summed E-state index contributed by atoms with van der Waals surface area (Å²) in [5.41, 5.74) is 5.51. The van der Waals surface area contributed by atoms with E-state index < -0.39 is 12.0 Å². The molecule has 3 N–H and O–H groups in total. The molecule has 1 atom stereocenters. The van der Waals surface area contributed by atoms with E-state index in [1.54, 1.807) is 11.6 Å². The molecule has 1 aromatic heterocycles. The van der Waals surface area contributed by atoms with Crippen molar-refractivity contribution in [3.8, 4) is 0 Å². The molecule has 0 bridgehead atoms. The Hall–Kier alpha value is -0.940. The molecule has 1 rings (SSSR count). The van der Waals surface area contributed by atoms with Crippen molar-refractivity contribution in [2.75, 3.05) is 0 Å². The molecule has 4 nitrogen and oxygen atoms in total. The molecule has 0 spiro atoms. The van der Waals surface area contributed by atoms with E-state index in [0.29, 0.717) is 5.01 Å². The molecule has 1 heterocycles. The van der Waals surface area contributed by atoms with Gasteiger partial charge in [-0.1, -0.05) is 0 Å². The Morgan fingerprint density at radius 1 is 1.91 bits per heavy atom. The quantitative estimate of drug-likeness (QED) is 0.700. The van der Waals surface area contributed by atoms with Crippen molar-refractivity contribution in [1.29, 1.82) is 0 Å². The highest BCUT2D eigenvalue weighted by atomic mass is 32.1. The fourth-order valence-corrected chi connectivity index (χ4v) is 1.33. The predicted molar refractivity (Wildman–Crippen MR) is 41.3 cm³/mol. The third-order valence-electron chi connectivity index (χ3n) is 1.16. The lowest BCUT2D eigenvalue weighted by Gasteiger charge is -2.02. The Labute approximate surface area is 67.7 Å². The average molecular weight is 172 g/mol. The van der Waals surface area contributed by atoms with Crippen LogP contribution in [0.4, 0.5) is 0 Å². The van der Waals surface area contributed by atoms with Gasteiger partial charge in [0, 0.05) is 11.6 Å². The number of nitrogens with zero attached hydrogens (tertiary/aromatic N) is 1. The number of carboxylic acid groups (broad SMARTS) is 1. The molecule has 0 saturated heterocycles. The smallest absolute Gasteiger partial charge is 0.305 e. The first-order chi connectivity index (χ1) is 5.20. The standard InChI is InChI=1S/C6H8N2O2S/c7-4(3-5(9)10)6-8-1-2-11-6/h1-2,4H,3,7H2,(H,9,10). The number of aromatic nitrogens is 1. The number of aliphatic carboxylic acids is 1. The zero-order valence-electron chi connectivity index (χ0n) is 5.73. The molecule has 0 saturated carbocycles. The molecule has 0 fully saturated rings. The molecule has 0 aromatic carbocycles. The minimum absolute atomic E-state index is 0.0620. The van der Waals surface area contributed by atoms with Gasteiger partial charge in [-0.15, -0.1) is 11.3 Å². The minimum Gasteiger partial charge on any atom is -0.481 e. The topological polar surface area (TPSA) is 76.2 Å². The monoisotopic (exact) mass is 172 g/mol. The van der Waals surface area contributed by atoms with E-state index >= 15 is 0 Å². The van der Waals surface area contributed by atoms with E-state index in [0.717, 1.165) is 0 Å². The van der Waals surface area contributed by atoms with Gasteiger partial charge in [-0.3, -0.25) is 4.79 Å². The molecular formula is C6H8N2O2S. The Kier molecular flexibility index (Phi) is 2.56. The summed E-state index contributed by atoms with van der Waals surface area (Å²) in [5, 5.41) is 10.8. The number of nitrogens with two attached hydrogens (primary N) is 1. The van der Waals surface area contributed by atoms with Crippen molar-refractivity contribution >= 4 is 17.3 Å². The Bertz CT molecular complexity index is 235. The summed E-state index contributed by atoms with van der Waals surface area (Å²) < 4.78 is 0. The first kappa shape index (κ1) is 8.16. The lowest BCUT2D eigenvalue weighted by atomic mass is 10.2. The van der Waals surface area contributed by atoms with Gasteiger partial charge >= 0.3 is 5.97 Å². The second-order valence-electron chi connectivity index (χ2n) is 2.07. The normalized spacial score (nSPS) is 12.8. The number of hydrogen-bond acceptors (Lipinski definition) is 4. The van der Waals surface area contributed by atoms with Crippen LogP contribution in [0.15, 0.2) is 11.6 Å². The zero-order chi connectivity index (χ0) is 8.27. The predicted octanol–water partition coefficient (Wildman–Crippen LogP) is 0.618. The van der Waals surface area contributed by atoms with Crippen molar-refractivity contribution in [3.63, 3.8) is 0 Å². The number of carboxylic acids is 1. The van der Waals surface area contributed by atoms with E-state index in [-0.39, 0.29) is 6.42 Å². The van der Waals surface area contributed by atoms with Crippen molar-refractivity contribution in [2.24, 2.45) is 5.73 Å². The van der Waals surface area contributed by atoms with E-state index in [4.69, 9.17) is 10.8 Å². The second-order valence-corrected chi connectivity index (χ2v) is 3.00. The molecule has 0 aliphatic carbocycles. The van der Waals surface area contributed by atoms with Crippen LogP contribution in [0.1, 0.15) is 17.5 Å². The van der Waals surface area contributed by atoms with Crippen molar-refractivity contribution < 1.29 is 9.90 Å². The van der Waals surface area contributed by atoms with Gasteiger partial charge in [0.25, 0.3) is 0 Å². The highest BCUT2D eigenvalue weighted by Crippen LogP contribution is 2.15. The number of hydrogen-bond donors (Lipinski definition) is 2. The van der Waals surface area contributed by atoms with Gasteiger partial charge in [-0.2, -0.15) is 0 Å². The van der Waals surface area contributed by atoms with Crippen molar-refractivity contribution in [2.45, 2.75) is 12.5 Å². The van der Waals surface area contributed by atoms with E-state index in [9.17, 15) is 4.79 Å². The third-order valence-corrected chi connectivity index (χ3v) is 2.07. The summed E-state index contributed by atoms with van der Waals surface area (Å²) in [6, 6.07) is -0.465. The molecule has 5 heteroatoms. The van der Waals surface area contributed by atoms with Gasteiger partial charge in [-0.05, 0) is 0 Å². The first-order valence-corrected chi connectivity index (χ1v) is 3.95. The zero-order valence-corrected chi connectivity index (χ0v) is 6.54. The van der Waals surface area contributed by atoms with Crippen molar-refractivity contribution in [1.82, 2.24) is 4.98 Å². The summed E-state index contributed by atoms with van der Waals surface area (Å²) in [6.07, 6.45) is 1.55. The molecule has 0 aliphatic rings. The van der Waals surface area contributed by atoms with Gasteiger partial charge in [-0.25, -0.2) is 4.98 Å². The largest absolute Gasteiger partial charge is 0.481 e. The lowest BCUT2D eigenvalue weighted by molar-refractivity contribution is -0.137. The van der Waals surface area contributed by atoms with Gasteiger partial charge < -0.3 is 10.8 Å². The van der Waals surface area contributed by atoms with Crippen LogP contribution < -0.4 is 5.73 Å². The van der Waals surface area contributed by atoms with Crippen LogP contribution in [-0.2, 0) is 4.79 Å². The van der Waals surface area contributed by atoms with Crippen LogP contribution in [0.2, 0.25) is 0 Å². The fourth-order valence-electron chi connectivity index (χ4n) is 0.693. The Morgan fingerprint density at radius 3 is 3.09 bits per heavy atom. The Balaban J connectivity index is 2.56. The van der Waals surface area contributed by atoms with E-state index in [1.807, 2.05) is 0 Å². The summed E-state index contributed by atoms with van der Waals surface area (Å²) >= 11 is 1.37. The van der Waals surface area contributed by atoms with Crippen LogP contribution in [0, 0.1) is 0 Å². The summed E-state index contributed by atoms with van der Waals surface area (Å²) in [6.45, 7) is 0. The van der Waals surface area contributed by atoms with Gasteiger partial charge in [0.1, 0.15) is 5.01 Å². The number of carbonyl (C=O) groups is 1.